The molecular formula is C28H27O3P. The summed E-state index contributed by atoms with van der Waals surface area (Å²) in [7, 11) is -3.98. The van der Waals surface area contributed by atoms with Crippen LogP contribution in [0.5, 0.6) is 0 Å². The van der Waals surface area contributed by atoms with Gasteiger partial charge in [-0.2, -0.15) is 0 Å². The number of hydrogen-bond acceptors (Lipinski definition) is 3. The molecule has 0 bridgehead atoms. The van der Waals surface area contributed by atoms with E-state index in [1.807, 2.05) is 93.6 Å². The van der Waals surface area contributed by atoms with E-state index >= 15 is 0 Å². The summed E-state index contributed by atoms with van der Waals surface area (Å²) in [6.07, 6.45) is 0.475. The number of fused-ring (bicyclic) bond motifs is 2. The highest BCUT2D eigenvalue weighted by Crippen LogP contribution is 2.58. The van der Waals surface area contributed by atoms with E-state index in [0.29, 0.717) is 17.5 Å². The maximum atomic E-state index is 14.6. The lowest BCUT2D eigenvalue weighted by molar-refractivity contribution is 0.103. The molecule has 4 aromatic carbocycles. The fourth-order valence-corrected chi connectivity index (χ4v) is 7.17. The van der Waals surface area contributed by atoms with Gasteiger partial charge in [0.15, 0.2) is 0 Å². The number of carbonyl (C=O) groups excluding carboxylic acids is 2. The molecule has 0 radical (unpaired) electrons. The van der Waals surface area contributed by atoms with Gasteiger partial charge in [0.05, 0.1) is 0 Å². The van der Waals surface area contributed by atoms with Crippen molar-refractivity contribution < 1.29 is 14.2 Å². The van der Waals surface area contributed by atoms with Crippen LogP contribution in [0.15, 0.2) is 72.8 Å². The largest absolute Gasteiger partial charge is 0.306 e. The Balaban J connectivity index is 1.99. The Labute approximate surface area is 188 Å². The van der Waals surface area contributed by atoms with Crippen molar-refractivity contribution in [1.29, 1.82) is 0 Å². The molecule has 0 aliphatic rings. The molecule has 162 valence electrons. The third-order valence-electron chi connectivity index (χ3n) is 6.52. The van der Waals surface area contributed by atoms with Crippen LogP contribution >= 0.6 is 7.14 Å². The van der Waals surface area contributed by atoms with Gasteiger partial charge in [-0.3, -0.25) is 9.59 Å². The minimum Gasteiger partial charge on any atom is -0.306 e. The second kappa shape index (κ2) is 8.48. The molecule has 0 amide bonds. The summed E-state index contributed by atoms with van der Waals surface area (Å²) in [5, 5.41) is 3.27. The number of aryl methyl sites for hydroxylation is 2. The first-order valence-corrected chi connectivity index (χ1v) is 12.7. The summed E-state index contributed by atoms with van der Waals surface area (Å²) in [4.78, 5) is 28.2. The monoisotopic (exact) mass is 442 g/mol. The van der Waals surface area contributed by atoms with Gasteiger partial charge < -0.3 is 4.57 Å². The van der Waals surface area contributed by atoms with Gasteiger partial charge in [-0.25, -0.2) is 0 Å². The highest BCUT2D eigenvalue weighted by Gasteiger charge is 2.46. The summed E-state index contributed by atoms with van der Waals surface area (Å²) in [6.45, 7) is 7.32. The molecule has 3 nitrogen and oxygen atoms in total. The SMILES string of the molecule is CCC(C)P(=O)(C(=O)c1c(C)ccc2ccccc12)C(=O)c1c(C)ccc2ccccc12. The summed E-state index contributed by atoms with van der Waals surface area (Å²) in [5.74, 6) is 0. The van der Waals surface area contributed by atoms with Crippen molar-refractivity contribution in [3.05, 3.63) is 95.1 Å². The van der Waals surface area contributed by atoms with Crippen LogP contribution in [0.25, 0.3) is 21.5 Å². The van der Waals surface area contributed by atoms with Crippen molar-refractivity contribution in [3.63, 3.8) is 0 Å². The molecule has 4 aromatic rings. The first-order valence-electron chi connectivity index (χ1n) is 11.0. The Bertz CT molecular complexity index is 1320. The van der Waals surface area contributed by atoms with Crippen LogP contribution in [0.1, 0.15) is 52.1 Å². The van der Waals surface area contributed by atoms with E-state index in [2.05, 4.69) is 0 Å². The van der Waals surface area contributed by atoms with Gasteiger partial charge in [-0.05, 0) is 52.9 Å². The van der Waals surface area contributed by atoms with Crippen LogP contribution in [-0.2, 0) is 4.57 Å². The number of rotatable bonds is 6. The van der Waals surface area contributed by atoms with Crippen LogP contribution in [0.3, 0.4) is 0 Å². The standard InChI is InChI=1S/C28H27O3P/c1-5-20(4)32(31,27(29)25-18(2)14-16-21-10-6-8-12-23(21)25)28(30)26-19(3)15-17-22-11-7-9-13-24(22)26/h6-17,20H,5H2,1-4H3. The van der Waals surface area contributed by atoms with E-state index in [9.17, 15) is 14.2 Å². The normalized spacial score (nSPS) is 12.8. The molecule has 0 saturated carbocycles. The van der Waals surface area contributed by atoms with E-state index in [1.54, 1.807) is 6.92 Å². The Morgan fingerprint density at radius 2 is 1.12 bits per heavy atom. The average molecular weight is 442 g/mol. The quantitative estimate of drug-likeness (QED) is 0.287. The highest BCUT2D eigenvalue weighted by atomic mass is 31.2. The molecule has 4 rings (SSSR count). The van der Waals surface area contributed by atoms with Gasteiger partial charge in [-0.15, -0.1) is 0 Å². The van der Waals surface area contributed by atoms with E-state index < -0.39 is 23.8 Å². The van der Waals surface area contributed by atoms with Crippen LogP contribution in [-0.4, -0.2) is 16.7 Å². The maximum absolute atomic E-state index is 14.6. The lowest BCUT2D eigenvalue weighted by Gasteiger charge is -2.24. The van der Waals surface area contributed by atoms with Crippen LogP contribution < -0.4 is 0 Å². The molecule has 0 aliphatic heterocycles. The van der Waals surface area contributed by atoms with Crippen molar-refractivity contribution in [2.75, 3.05) is 0 Å². The van der Waals surface area contributed by atoms with Crippen LogP contribution in [0, 0.1) is 13.8 Å². The van der Waals surface area contributed by atoms with Crippen molar-refractivity contribution in [2.24, 2.45) is 0 Å². The van der Waals surface area contributed by atoms with Crippen molar-refractivity contribution in [2.45, 2.75) is 39.8 Å². The smallest absolute Gasteiger partial charge is 0.230 e. The van der Waals surface area contributed by atoms with Crippen molar-refractivity contribution in [3.8, 4) is 0 Å². The van der Waals surface area contributed by atoms with E-state index in [-0.39, 0.29) is 0 Å². The topological polar surface area (TPSA) is 51.2 Å². The Kier molecular flexibility index (Phi) is 5.88. The predicted octanol–water partition coefficient (Wildman–Crippen LogP) is 7.75. The summed E-state index contributed by atoms with van der Waals surface area (Å²) >= 11 is 0. The zero-order valence-corrected chi connectivity index (χ0v) is 19.8. The summed E-state index contributed by atoms with van der Waals surface area (Å²) in [6, 6.07) is 22.8. The Morgan fingerprint density at radius 3 is 1.53 bits per heavy atom. The minimum atomic E-state index is -3.98. The zero-order valence-electron chi connectivity index (χ0n) is 18.9. The fraction of sp³-hybridized carbons (Fsp3) is 0.214. The number of benzene rings is 4. The molecule has 32 heavy (non-hydrogen) atoms. The molecule has 0 heterocycles. The Morgan fingerprint density at radius 1 is 0.719 bits per heavy atom. The van der Waals surface area contributed by atoms with Gasteiger partial charge in [0.1, 0.15) is 0 Å². The minimum absolute atomic E-state index is 0.401. The molecule has 0 N–H and O–H groups in total. The molecule has 4 heteroatoms. The van der Waals surface area contributed by atoms with Gasteiger partial charge in [0.25, 0.3) is 0 Å². The molecule has 0 saturated heterocycles. The third-order valence-corrected chi connectivity index (χ3v) is 9.78. The van der Waals surface area contributed by atoms with E-state index in [1.165, 1.54) is 0 Å². The molecule has 0 fully saturated rings. The van der Waals surface area contributed by atoms with Gasteiger partial charge in [0.2, 0.25) is 18.2 Å². The average Bonchev–Trinajstić information content (AvgIpc) is 2.82. The molecule has 1 unspecified atom stereocenters. The van der Waals surface area contributed by atoms with Gasteiger partial charge in [0, 0.05) is 16.8 Å². The van der Waals surface area contributed by atoms with Gasteiger partial charge >= 0.3 is 0 Å². The molecule has 0 aromatic heterocycles. The second-order valence-electron chi connectivity index (χ2n) is 8.48. The fourth-order valence-electron chi connectivity index (χ4n) is 4.41. The van der Waals surface area contributed by atoms with E-state index in [4.69, 9.17) is 0 Å². The predicted molar refractivity (Wildman–Crippen MR) is 133 cm³/mol. The third kappa shape index (κ3) is 3.42. The van der Waals surface area contributed by atoms with Crippen LogP contribution in [0.4, 0.5) is 0 Å². The van der Waals surface area contributed by atoms with Crippen molar-refractivity contribution >= 4 is 39.7 Å². The Hall–Kier alpha value is -3.03. The van der Waals surface area contributed by atoms with Crippen molar-refractivity contribution in [1.82, 2.24) is 0 Å². The molecule has 1 atom stereocenters. The molecule has 0 aliphatic carbocycles. The first-order chi connectivity index (χ1) is 15.3. The van der Waals surface area contributed by atoms with Crippen LogP contribution in [0.2, 0.25) is 0 Å². The maximum Gasteiger partial charge on any atom is 0.230 e. The highest BCUT2D eigenvalue weighted by molar-refractivity contribution is 7.96. The second-order valence-corrected chi connectivity index (χ2v) is 11.5. The lowest BCUT2D eigenvalue weighted by atomic mass is 10.0. The molecule has 0 spiro atoms. The lowest BCUT2D eigenvalue weighted by Crippen LogP contribution is -2.21. The van der Waals surface area contributed by atoms with Gasteiger partial charge in [-0.1, -0.05) is 86.6 Å². The summed E-state index contributed by atoms with van der Waals surface area (Å²) in [5.41, 5.74) is 0.659. The summed E-state index contributed by atoms with van der Waals surface area (Å²) < 4.78 is 14.6. The number of hydrogen-bond donors (Lipinski definition) is 0. The first kappa shape index (κ1) is 22.2. The zero-order chi connectivity index (χ0) is 23.0. The van der Waals surface area contributed by atoms with E-state index in [0.717, 1.165) is 32.7 Å². The molecular weight excluding hydrogens is 415 g/mol. The number of carbonyl (C=O) groups is 2.